The van der Waals surface area contributed by atoms with Crippen molar-refractivity contribution in [3.8, 4) is 0 Å². The molecule has 1 unspecified atom stereocenters. The van der Waals surface area contributed by atoms with Crippen LogP contribution in [0.2, 0.25) is 0 Å². The summed E-state index contributed by atoms with van der Waals surface area (Å²) in [6.07, 6.45) is 2.31. The van der Waals surface area contributed by atoms with Crippen LogP contribution in [0.15, 0.2) is 24.3 Å². The van der Waals surface area contributed by atoms with Crippen LogP contribution in [0.4, 0.5) is 0 Å². The van der Waals surface area contributed by atoms with Crippen LogP contribution in [0.1, 0.15) is 42.6 Å². The van der Waals surface area contributed by atoms with E-state index in [4.69, 9.17) is 0 Å². The molecule has 1 rings (SSSR count). The van der Waals surface area contributed by atoms with Crippen LogP contribution in [-0.4, -0.2) is 18.9 Å². The third-order valence-electron chi connectivity index (χ3n) is 3.03. The highest BCUT2D eigenvalue weighted by Crippen LogP contribution is 2.14. The highest BCUT2D eigenvalue weighted by atomic mass is 16.5. The van der Waals surface area contributed by atoms with Crippen molar-refractivity contribution in [1.82, 2.24) is 0 Å². The van der Waals surface area contributed by atoms with Gasteiger partial charge in [0.25, 0.3) is 0 Å². The standard InChI is InChI=1S/C15H20O3/c1-11(10-15(17)18-3)4-5-13-6-8-14(9-7-13)12(2)16/h6-9,11H,4-5,10H2,1-3H3. The fourth-order valence-corrected chi connectivity index (χ4v) is 1.79. The maximum atomic E-state index is 11.1. The monoisotopic (exact) mass is 248 g/mol. The van der Waals surface area contributed by atoms with Crippen LogP contribution in [0.5, 0.6) is 0 Å². The zero-order chi connectivity index (χ0) is 13.5. The van der Waals surface area contributed by atoms with Gasteiger partial charge < -0.3 is 4.74 Å². The van der Waals surface area contributed by atoms with Gasteiger partial charge in [-0.05, 0) is 31.2 Å². The molecule has 0 heterocycles. The molecule has 0 N–H and O–H groups in total. The maximum absolute atomic E-state index is 11.1. The van der Waals surface area contributed by atoms with Crippen LogP contribution < -0.4 is 0 Å². The van der Waals surface area contributed by atoms with Gasteiger partial charge in [0, 0.05) is 12.0 Å². The smallest absolute Gasteiger partial charge is 0.305 e. The van der Waals surface area contributed by atoms with E-state index < -0.39 is 0 Å². The fourth-order valence-electron chi connectivity index (χ4n) is 1.79. The molecular weight excluding hydrogens is 228 g/mol. The van der Waals surface area contributed by atoms with Crippen LogP contribution in [0.3, 0.4) is 0 Å². The van der Waals surface area contributed by atoms with Crippen LogP contribution in [0.25, 0.3) is 0 Å². The summed E-state index contributed by atoms with van der Waals surface area (Å²) in [5, 5.41) is 0. The van der Waals surface area contributed by atoms with Gasteiger partial charge in [-0.15, -0.1) is 0 Å². The Morgan fingerprint density at radius 3 is 2.33 bits per heavy atom. The van der Waals surface area contributed by atoms with Gasteiger partial charge in [-0.2, -0.15) is 0 Å². The largest absolute Gasteiger partial charge is 0.469 e. The number of aryl methyl sites for hydroxylation is 1. The first-order chi connectivity index (χ1) is 8.52. The van der Waals surface area contributed by atoms with E-state index in [2.05, 4.69) is 4.74 Å². The number of rotatable bonds is 6. The summed E-state index contributed by atoms with van der Waals surface area (Å²) in [5.41, 5.74) is 1.93. The summed E-state index contributed by atoms with van der Waals surface area (Å²) in [6.45, 7) is 3.61. The van der Waals surface area contributed by atoms with Crippen LogP contribution in [0, 0.1) is 5.92 Å². The molecule has 0 amide bonds. The summed E-state index contributed by atoms with van der Waals surface area (Å²) >= 11 is 0. The second-order valence-corrected chi connectivity index (χ2v) is 4.68. The minimum atomic E-state index is -0.158. The first-order valence-corrected chi connectivity index (χ1v) is 6.19. The average Bonchev–Trinajstić information content (AvgIpc) is 2.36. The Bertz CT molecular complexity index is 406. The predicted molar refractivity (Wildman–Crippen MR) is 70.6 cm³/mol. The number of ether oxygens (including phenoxy) is 1. The van der Waals surface area contributed by atoms with Crippen molar-refractivity contribution in [2.45, 2.75) is 33.1 Å². The van der Waals surface area contributed by atoms with Gasteiger partial charge in [-0.1, -0.05) is 31.2 Å². The molecule has 98 valence electrons. The number of esters is 1. The Kier molecular flexibility index (Phi) is 5.56. The van der Waals surface area contributed by atoms with Crippen molar-refractivity contribution in [2.24, 2.45) is 5.92 Å². The minimum absolute atomic E-state index is 0.0839. The SMILES string of the molecule is COC(=O)CC(C)CCc1ccc(C(C)=O)cc1. The topological polar surface area (TPSA) is 43.4 Å². The second-order valence-electron chi connectivity index (χ2n) is 4.68. The molecule has 0 radical (unpaired) electrons. The van der Waals surface area contributed by atoms with Crippen molar-refractivity contribution in [3.63, 3.8) is 0 Å². The number of carbonyl (C=O) groups excluding carboxylic acids is 2. The lowest BCUT2D eigenvalue weighted by Gasteiger charge is -2.09. The van der Waals surface area contributed by atoms with Gasteiger partial charge in [0.1, 0.15) is 0 Å². The van der Waals surface area contributed by atoms with E-state index >= 15 is 0 Å². The number of methoxy groups -OCH3 is 1. The highest BCUT2D eigenvalue weighted by Gasteiger charge is 2.09. The molecule has 3 heteroatoms. The molecule has 0 aliphatic carbocycles. The van der Waals surface area contributed by atoms with Gasteiger partial charge >= 0.3 is 5.97 Å². The molecule has 0 fully saturated rings. The summed E-state index contributed by atoms with van der Waals surface area (Å²) in [5.74, 6) is 0.236. The van der Waals surface area contributed by atoms with Crippen LogP contribution >= 0.6 is 0 Å². The zero-order valence-corrected chi connectivity index (χ0v) is 11.2. The molecule has 0 aromatic heterocycles. The lowest BCUT2D eigenvalue weighted by atomic mass is 9.97. The Morgan fingerprint density at radius 1 is 1.22 bits per heavy atom. The number of carbonyl (C=O) groups is 2. The lowest BCUT2D eigenvalue weighted by Crippen LogP contribution is -2.08. The first kappa shape index (κ1) is 14.4. The molecule has 0 spiro atoms. The molecule has 18 heavy (non-hydrogen) atoms. The third kappa shape index (κ3) is 4.70. The van der Waals surface area contributed by atoms with Crippen molar-refractivity contribution < 1.29 is 14.3 Å². The van der Waals surface area contributed by atoms with Gasteiger partial charge in [0.05, 0.1) is 7.11 Å². The van der Waals surface area contributed by atoms with E-state index in [1.54, 1.807) is 6.92 Å². The van der Waals surface area contributed by atoms with Gasteiger partial charge in [0.15, 0.2) is 5.78 Å². The number of Topliss-reactive ketones (excluding diaryl/α,β-unsaturated/α-hetero) is 1. The molecule has 1 atom stereocenters. The molecule has 0 bridgehead atoms. The van der Waals surface area contributed by atoms with E-state index in [0.717, 1.165) is 18.4 Å². The Hall–Kier alpha value is -1.64. The molecule has 0 aliphatic rings. The number of hydrogen-bond acceptors (Lipinski definition) is 3. The highest BCUT2D eigenvalue weighted by molar-refractivity contribution is 5.93. The number of ketones is 1. The van der Waals surface area contributed by atoms with Gasteiger partial charge in [-0.25, -0.2) is 0 Å². The second kappa shape index (κ2) is 6.94. The van der Waals surface area contributed by atoms with Crippen molar-refractivity contribution in [2.75, 3.05) is 7.11 Å². The average molecular weight is 248 g/mol. The number of hydrogen-bond donors (Lipinski definition) is 0. The molecule has 3 nitrogen and oxygen atoms in total. The molecular formula is C15H20O3. The fraction of sp³-hybridized carbons (Fsp3) is 0.467. The summed E-state index contributed by atoms with van der Waals surface area (Å²) < 4.78 is 4.64. The van der Waals surface area contributed by atoms with E-state index in [1.807, 2.05) is 31.2 Å². The Labute approximate surface area is 108 Å². The quantitative estimate of drug-likeness (QED) is 0.574. The zero-order valence-electron chi connectivity index (χ0n) is 11.2. The lowest BCUT2D eigenvalue weighted by molar-refractivity contribution is -0.141. The molecule has 0 saturated carbocycles. The van der Waals surface area contributed by atoms with Crippen molar-refractivity contribution in [3.05, 3.63) is 35.4 Å². The van der Waals surface area contributed by atoms with E-state index in [1.165, 1.54) is 12.7 Å². The normalized spacial score (nSPS) is 11.9. The Balaban J connectivity index is 2.43. The maximum Gasteiger partial charge on any atom is 0.305 e. The van der Waals surface area contributed by atoms with Gasteiger partial charge in [0.2, 0.25) is 0 Å². The van der Waals surface area contributed by atoms with Crippen molar-refractivity contribution >= 4 is 11.8 Å². The van der Waals surface area contributed by atoms with E-state index in [-0.39, 0.29) is 11.8 Å². The number of benzene rings is 1. The summed E-state index contributed by atoms with van der Waals surface area (Å²) in [4.78, 5) is 22.2. The molecule has 1 aromatic rings. The molecule has 0 saturated heterocycles. The molecule has 1 aromatic carbocycles. The summed E-state index contributed by atoms with van der Waals surface area (Å²) in [6, 6.07) is 7.65. The van der Waals surface area contributed by atoms with E-state index in [0.29, 0.717) is 12.3 Å². The predicted octanol–water partition coefficient (Wildman–Crippen LogP) is 3.02. The minimum Gasteiger partial charge on any atom is -0.469 e. The van der Waals surface area contributed by atoms with Crippen molar-refractivity contribution in [1.29, 1.82) is 0 Å². The third-order valence-corrected chi connectivity index (χ3v) is 3.03. The van der Waals surface area contributed by atoms with E-state index in [9.17, 15) is 9.59 Å². The Morgan fingerprint density at radius 2 is 1.83 bits per heavy atom. The first-order valence-electron chi connectivity index (χ1n) is 6.19. The summed E-state index contributed by atoms with van der Waals surface area (Å²) in [7, 11) is 1.41. The molecule has 0 aliphatic heterocycles. The van der Waals surface area contributed by atoms with Gasteiger partial charge in [-0.3, -0.25) is 9.59 Å². The van der Waals surface area contributed by atoms with Crippen LogP contribution in [-0.2, 0) is 16.0 Å².